The second-order valence-electron chi connectivity index (χ2n) is 3.42. The van der Waals surface area contributed by atoms with Gasteiger partial charge in [-0.1, -0.05) is 0 Å². The smallest absolute Gasteiger partial charge is 0.287 e. The second-order valence-corrected chi connectivity index (χ2v) is 4.58. The number of hydrogen-bond acceptors (Lipinski definition) is 2. The van der Waals surface area contributed by atoms with Crippen molar-refractivity contribution in [2.75, 3.05) is 28.3 Å². The van der Waals surface area contributed by atoms with Crippen LogP contribution < -0.4 is 0 Å². The van der Waals surface area contributed by atoms with E-state index in [0.29, 0.717) is 4.39 Å². The monoisotopic (exact) mass is 212 g/mol. The lowest BCUT2D eigenvalue weighted by atomic mass is 9.60. The minimum Gasteiger partial charge on any atom is -0.533 e. The van der Waals surface area contributed by atoms with Gasteiger partial charge in [0.1, 0.15) is 0 Å². The molecule has 0 amide bonds. The summed E-state index contributed by atoms with van der Waals surface area (Å²) in [5.41, 5.74) is 0. The summed E-state index contributed by atoms with van der Waals surface area (Å²) in [6.45, 7) is -0.543. The molecule has 0 aromatic rings. The first-order valence-electron chi connectivity index (χ1n) is 3.47. The summed E-state index contributed by atoms with van der Waals surface area (Å²) in [5.74, 6) is -0.391. The predicted molar refractivity (Wildman–Crippen MR) is 51.7 cm³/mol. The van der Waals surface area contributed by atoms with Crippen molar-refractivity contribution in [2.24, 2.45) is 0 Å². The van der Waals surface area contributed by atoms with Crippen LogP contribution in [0.4, 0.5) is 4.79 Å². The first-order chi connectivity index (χ1) is 5.30. The van der Waals surface area contributed by atoms with Gasteiger partial charge in [-0.15, -0.1) is 23.2 Å². The van der Waals surface area contributed by atoms with Gasteiger partial charge in [0.15, 0.2) is 5.87 Å². The lowest BCUT2D eigenvalue weighted by Gasteiger charge is -2.43. The Labute approximate surface area is 83.3 Å². The number of carbonyl (C=O) groups is 1. The van der Waals surface area contributed by atoms with Crippen LogP contribution in [0, 0.1) is 0 Å². The number of halogens is 2. The topological polar surface area (TPSA) is 26.3 Å². The molecule has 0 bridgehead atoms. The van der Waals surface area contributed by atoms with E-state index >= 15 is 0 Å². The zero-order chi connectivity index (χ0) is 9.94. The van der Waals surface area contributed by atoms with E-state index in [0.717, 1.165) is 0 Å². The SMILES string of the molecule is COC(=O)[B-](C(Cl)Cl)[N+](C)(C)C. The molecule has 0 saturated carbocycles. The Balaban J connectivity index is 4.56. The standard InChI is InChI=1S/C6H13BCl2NO2/c1-10(2,3)7(5(8)9)6(11)12-4/h5H,1-4H3. The minimum absolute atomic E-state index is 0.352. The molecule has 0 aliphatic carbocycles. The molecule has 0 spiro atoms. The zero-order valence-corrected chi connectivity index (χ0v) is 9.19. The summed E-state index contributed by atoms with van der Waals surface area (Å²) in [6.07, 6.45) is 0. The van der Waals surface area contributed by atoms with Crippen molar-refractivity contribution < 1.29 is 13.9 Å². The summed E-state index contributed by atoms with van der Waals surface area (Å²) >= 11 is 11.3. The highest BCUT2D eigenvalue weighted by atomic mass is 35.5. The van der Waals surface area contributed by atoms with Gasteiger partial charge >= 0.3 is 0 Å². The van der Waals surface area contributed by atoms with Gasteiger partial charge in [-0.3, -0.25) is 4.79 Å². The molecule has 0 rings (SSSR count). The Hall–Kier alpha value is 0.0749. The molecule has 0 unspecified atom stereocenters. The summed E-state index contributed by atoms with van der Waals surface area (Å²) < 4.78 is 4.18. The van der Waals surface area contributed by atoms with Crippen molar-refractivity contribution >= 4 is 35.9 Å². The summed E-state index contributed by atoms with van der Waals surface area (Å²) in [6, 6.07) is 0. The van der Waals surface area contributed by atoms with E-state index < -0.39 is 17.5 Å². The summed E-state index contributed by atoms with van der Waals surface area (Å²) in [4.78, 5) is 11.2. The minimum atomic E-state index is -0.752. The molecule has 0 aromatic heterocycles. The number of nitrogens with zero attached hydrogens (tertiary/aromatic N) is 1. The van der Waals surface area contributed by atoms with Crippen molar-refractivity contribution in [2.45, 2.75) is 4.74 Å². The number of rotatable bonds is 3. The lowest BCUT2D eigenvalue weighted by molar-refractivity contribution is -0.760. The van der Waals surface area contributed by atoms with Crippen LogP contribution in [0.3, 0.4) is 0 Å². The highest BCUT2D eigenvalue weighted by Gasteiger charge is 2.30. The summed E-state index contributed by atoms with van der Waals surface area (Å²) in [7, 11) is 6.82. The summed E-state index contributed by atoms with van der Waals surface area (Å²) in [5, 5.41) is 0. The molecule has 71 valence electrons. The van der Waals surface area contributed by atoms with E-state index in [2.05, 4.69) is 4.74 Å². The third-order valence-corrected chi connectivity index (χ3v) is 1.99. The highest BCUT2D eigenvalue weighted by molar-refractivity contribution is 6.94. The van der Waals surface area contributed by atoms with Gasteiger partial charge in [0, 0.05) is 25.9 Å². The van der Waals surface area contributed by atoms with Gasteiger partial charge in [0.2, 0.25) is 0 Å². The van der Waals surface area contributed by atoms with Crippen molar-refractivity contribution in [1.29, 1.82) is 0 Å². The molecule has 0 atom stereocenters. The van der Waals surface area contributed by atoms with Crippen LogP contribution in [-0.4, -0.2) is 50.1 Å². The van der Waals surface area contributed by atoms with Crippen LogP contribution in [-0.2, 0) is 4.74 Å². The van der Waals surface area contributed by atoms with Crippen LogP contribution in [0.2, 0.25) is 0 Å². The van der Waals surface area contributed by atoms with Crippen LogP contribution in [0.1, 0.15) is 0 Å². The van der Waals surface area contributed by atoms with E-state index in [4.69, 9.17) is 23.2 Å². The number of carbonyl (C=O) groups excluding carboxylic acids is 1. The van der Waals surface area contributed by atoms with Crippen molar-refractivity contribution in [3.8, 4) is 0 Å². The highest BCUT2D eigenvalue weighted by Crippen LogP contribution is 2.14. The van der Waals surface area contributed by atoms with E-state index in [1.807, 2.05) is 21.1 Å². The number of methoxy groups -OCH3 is 1. The normalized spacial score (nSPS) is 12.3. The average Bonchev–Trinajstić information content (AvgIpc) is 1.83. The first kappa shape index (κ1) is 12.1. The van der Waals surface area contributed by atoms with Gasteiger partial charge in [0.05, 0.1) is 7.11 Å². The maximum atomic E-state index is 11.2. The molecule has 0 saturated heterocycles. The van der Waals surface area contributed by atoms with E-state index in [1.165, 1.54) is 7.11 Å². The zero-order valence-electron chi connectivity index (χ0n) is 7.67. The van der Waals surface area contributed by atoms with E-state index in [9.17, 15) is 4.79 Å². The van der Waals surface area contributed by atoms with Crippen LogP contribution >= 0.6 is 23.2 Å². The van der Waals surface area contributed by atoms with Crippen LogP contribution in [0.15, 0.2) is 0 Å². The molecule has 1 radical (unpaired) electrons. The fourth-order valence-corrected chi connectivity index (χ4v) is 1.76. The molecule has 0 aromatic carbocycles. The molecule has 0 aliphatic rings. The fourth-order valence-electron chi connectivity index (χ4n) is 0.878. The molecule has 6 heteroatoms. The maximum absolute atomic E-state index is 11.2. The molecule has 12 heavy (non-hydrogen) atoms. The van der Waals surface area contributed by atoms with Crippen molar-refractivity contribution in [1.82, 2.24) is 0 Å². The molecular formula is C6H13BCl2NO2. The Morgan fingerprint density at radius 2 is 1.83 bits per heavy atom. The molecule has 0 aliphatic heterocycles. The quantitative estimate of drug-likeness (QED) is 0.522. The Bertz CT molecular complexity index is 169. The van der Waals surface area contributed by atoms with Gasteiger partial charge in [0.25, 0.3) is 6.85 Å². The number of hydrogen-bond donors (Lipinski definition) is 0. The average molecular weight is 213 g/mol. The van der Waals surface area contributed by atoms with Gasteiger partial charge < -0.3 is 9.13 Å². The van der Waals surface area contributed by atoms with Crippen LogP contribution in [0.5, 0.6) is 0 Å². The van der Waals surface area contributed by atoms with E-state index in [1.54, 1.807) is 0 Å². The fraction of sp³-hybridized carbons (Fsp3) is 0.833. The van der Waals surface area contributed by atoms with Gasteiger partial charge in [-0.05, 0) is 0 Å². The maximum Gasteiger partial charge on any atom is 0.287 e. The predicted octanol–water partition coefficient (Wildman–Crippen LogP) is 1.38. The van der Waals surface area contributed by atoms with Gasteiger partial charge in [-0.25, -0.2) is 0 Å². The molecule has 0 heterocycles. The molecular weight excluding hydrogens is 200 g/mol. The van der Waals surface area contributed by atoms with Gasteiger partial charge in [-0.2, -0.15) is 0 Å². The third kappa shape index (κ3) is 3.21. The molecule has 0 fully saturated rings. The Kier molecular flexibility index (Phi) is 4.38. The largest absolute Gasteiger partial charge is 0.533 e. The lowest BCUT2D eigenvalue weighted by Crippen LogP contribution is -2.58. The first-order valence-corrected chi connectivity index (χ1v) is 4.35. The number of alkyl halides is 2. The number of quaternary nitrogens is 1. The number of ether oxygens (including phenoxy) is 1. The van der Waals surface area contributed by atoms with Crippen molar-refractivity contribution in [3.63, 3.8) is 0 Å². The Morgan fingerprint density at radius 1 is 1.42 bits per heavy atom. The second kappa shape index (κ2) is 4.35. The van der Waals surface area contributed by atoms with Crippen LogP contribution in [0.25, 0.3) is 0 Å². The third-order valence-electron chi connectivity index (χ3n) is 1.52. The molecule has 3 nitrogen and oxygen atoms in total. The van der Waals surface area contributed by atoms with Crippen molar-refractivity contribution in [3.05, 3.63) is 0 Å². The van der Waals surface area contributed by atoms with E-state index in [-0.39, 0.29) is 0 Å². The molecule has 0 N–H and O–H groups in total. The Morgan fingerprint density at radius 3 is 1.92 bits per heavy atom.